The number of amides is 1. The van der Waals surface area contributed by atoms with E-state index >= 15 is 0 Å². The molecule has 1 heterocycles. The van der Waals surface area contributed by atoms with Gasteiger partial charge in [0.2, 0.25) is 5.88 Å². The summed E-state index contributed by atoms with van der Waals surface area (Å²) in [5.74, 6) is 0.0171. The summed E-state index contributed by atoms with van der Waals surface area (Å²) in [7, 11) is 1.49. The first-order valence-electron chi connectivity index (χ1n) is 8.07. The average molecular weight is 405 g/mol. The van der Waals surface area contributed by atoms with E-state index in [-0.39, 0.29) is 16.7 Å². The Labute approximate surface area is 164 Å². The molecule has 6 nitrogen and oxygen atoms in total. The number of carbonyl (C=O) groups excluding carboxylic acids is 1. The van der Waals surface area contributed by atoms with Crippen molar-refractivity contribution in [3.63, 3.8) is 0 Å². The molecule has 3 aromatic rings. The lowest BCUT2D eigenvalue weighted by atomic mass is 10.1. The standard InChI is InChI=1S/C19H17ClN2O4S/c1-26-15-7-4-12(9-16-18(24)22-19(25)27-16)8-14(15)17(23)21-10-11-2-5-13(20)6-3-11/h2-8,24H,9-10H2,1H3,(H,21,23)(H,22,25). The Balaban J connectivity index is 1.78. The van der Waals surface area contributed by atoms with E-state index in [1.807, 2.05) is 12.1 Å². The Morgan fingerprint density at radius 1 is 1.22 bits per heavy atom. The summed E-state index contributed by atoms with van der Waals surface area (Å²) in [5.41, 5.74) is 2.08. The number of ether oxygens (including phenoxy) is 1. The van der Waals surface area contributed by atoms with Gasteiger partial charge in [-0.1, -0.05) is 41.1 Å². The summed E-state index contributed by atoms with van der Waals surface area (Å²) in [6.07, 6.45) is 0.330. The van der Waals surface area contributed by atoms with Gasteiger partial charge >= 0.3 is 4.87 Å². The van der Waals surface area contributed by atoms with Crippen LogP contribution in [0.1, 0.15) is 26.4 Å². The van der Waals surface area contributed by atoms with Crippen LogP contribution < -0.4 is 14.9 Å². The monoisotopic (exact) mass is 404 g/mol. The number of halogens is 1. The lowest BCUT2D eigenvalue weighted by Crippen LogP contribution is -2.23. The third kappa shape index (κ3) is 4.69. The van der Waals surface area contributed by atoms with Crippen LogP contribution in [-0.2, 0) is 13.0 Å². The number of aromatic amines is 1. The minimum absolute atomic E-state index is 0.144. The molecule has 2 aromatic carbocycles. The van der Waals surface area contributed by atoms with Crippen molar-refractivity contribution in [2.24, 2.45) is 0 Å². The van der Waals surface area contributed by atoms with Crippen molar-refractivity contribution in [2.75, 3.05) is 7.11 Å². The predicted octanol–water partition coefficient (Wildman–Crippen LogP) is 3.32. The number of benzene rings is 2. The first kappa shape index (κ1) is 19.0. The Morgan fingerprint density at radius 3 is 2.56 bits per heavy atom. The fraction of sp³-hybridized carbons (Fsp3) is 0.158. The highest BCUT2D eigenvalue weighted by molar-refractivity contribution is 7.09. The van der Waals surface area contributed by atoms with E-state index in [1.165, 1.54) is 7.11 Å². The number of carbonyl (C=O) groups is 1. The van der Waals surface area contributed by atoms with Crippen molar-refractivity contribution in [2.45, 2.75) is 13.0 Å². The molecule has 0 atom stereocenters. The molecule has 1 amide bonds. The zero-order chi connectivity index (χ0) is 19.4. The molecule has 27 heavy (non-hydrogen) atoms. The van der Waals surface area contributed by atoms with Crippen molar-refractivity contribution in [3.05, 3.63) is 78.7 Å². The molecule has 0 unspecified atom stereocenters. The molecule has 0 radical (unpaired) electrons. The van der Waals surface area contributed by atoms with Crippen molar-refractivity contribution >= 4 is 28.8 Å². The van der Waals surface area contributed by atoms with E-state index < -0.39 is 0 Å². The van der Waals surface area contributed by atoms with E-state index in [4.69, 9.17) is 16.3 Å². The fourth-order valence-corrected chi connectivity index (χ4v) is 3.46. The van der Waals surface area contributed by atoms with Crippen LogP contribution in [-0.4, -0.2) is 23.1 Å². The van der Waals surface area contributed by atoms with Gasteiger partial charge in [-0.25, -0.2) is 0 Å². The molecule has 0 saturated carbocycles. The number of H-pyrrole nitrogens is 1. The highest BCUT2D eigenvalue weighted by atomic mass is 35.5. The van der Waals surface area contributed by atoms with Crippen LogP contribution in [0.25, 0.3) is 0 Å². The van der Waals surface area contributed by atoms with E-state index in [0.29, 0.717) is 34.2 Å². The summed E-state index contributed by atoms with van der Waals surface area (Å²) < 4.78 is 5.29. The quantitative estimate of drug-likeness (QED) is 0.587. The van der Waals surface area contributed by atoms with Crippen LogP contribution >= 0.6 is 22.9 Å². The predicted molar refractivity (Wildman–Crippen MR) is 105 cm³/mol. The van der Waals surface area contributed by atoms with E-state index in [0.717, 1.165) is 22.5 Å². The van der Waals surface area contributed by atoms with Gasteiger partial charge < -0.3 is 15.2 Å². The molecule has 0 aliphatic carbocycles. The third-order valence-electron chi connectivity index (χ3n) is 3.94. The third-order valence-corrected chi connectivity index (χ3v) is 5.06. The van der Waals surface area contributed by atoms with Gasteiger partial charge in [0.1, 0.15) is 5.75 Å². The van der Waals surface area contributed by atoms with Crippen LogP contribution in [0.15, 0.2) is 47.3 Å². The smallest absolute Gasteiger partial charge is 0.307 e. The van der Waals surface area contributed by atoms with Gasteiger partial charge in [0.15, 0.2) is 0 Å². The normalized spacial score (nSPS) is 10.6. The fourth-order valence-electron chi connectivity index (χ4n) is 2.58. The summed E-state index contributed by atoms with van der Waals surface area (Å²) in [6.45, 7) is 0.351. The Hall–Kier alpha value is -2.77. The van der Waals surface area contributed by atoms with E-state index in [2.05, 4.69) is 10.3 Å². The summed E-state index contributed by atoms with van der Waals surface area (Å²) in [4.78, 5) is 26.5. The van der Waals surface area contributed by atoms with Gasteiger partial charge in [-0.05, 0) is 35.4 Å². The zero-order valence-corrected chi connectivity index (χ0v) is 16.0. The average Bonchev–Trinajstić information content (AvgIpc) is 2.98. The molecule has 0 spiro atoms. The second-order valence-electron chi connectivity index (χ2n) is 5.81. The molecule has 3 rings (SSSR count). The lowest BCUT2D eigenvalue weighted by molar-refractivity contribution is 0.0947. The minimum Gasteiger partial charge on any atom is -0.496 e. The molecule has 3 N–H and O–H groups in total. The summed E-state index contributed by atoms with van der Waals surface area (Å²) in [6, 6.07) is 12.4. The molecule has 8 heteroatoms. The maximum atomic E-state index is 12.6. The van der Waals surface area contributed by atoms with Crippen LogP contribution in [0.5, 0.6) is 11.6 Å². The number of nitrogens with one attached hydrogen (secondary N) is 2. The van der Waals surface area contributed by atoms with Gasteiger partial charge in [0.25, 0.3) is 5.91 Å². The number of hydrogen-bond donors (Lipinski definition) is 3. The van der Waals surface area contributed by atoms with E-state index in [1.54, 1.807) is 30.3 Å². The van der Waals surface area contributed by atoms with Gasteiger partial charge in [-0.3, -0.25) is 14.6 Å². The molecule has 0 fully saturated rings. The lowest BCUT2D eigenvalue weighted by Gasteiger charge is -2.11. The van der Waals surface area contributed by atoms with Crippen molar-refractivity contribution in [3.8, 4) is 11.6 Å². The summed E-state index contributed by atoms with van der Waals surface area (Å²) in [5, 5.41) is 13.2. The number of rotatable bonds is 6. The maximum absolute atomic E-state index is 12.6. The first-order chi connectivity index (χ1) is 13.0. The maximum Gasteiger partial charge on any atom is 0.307 e. The molecule has 0 aliphatic heterocycles. The second-order valence-corrected chi connectivity index (χ2v) is 7.31. The highest BCUT2D eigenvalue weighted by Crippen LogP contribution is 2.25. The van der Waals surface area contributed by atoms with Crippen LogP contribution in [0.3, 0.4) is 0 Å². The second kappa shape index (κ2) is 8.28. The number of aromatic hydroxyl groups is 1. The van der Waals surface area contributed by atoms with Crippen LogP contribution in [0.4, 0.5) is 0 Å². The Kier molecular flexibility index (Phi) is 5.83. The van der Waals surface area contributed by atoms with Gasteiger partial charge in [0, 0.05) is 18.0 Å². The van der Waals surface area contributed by atoms with Gasteiger partial charge in [0.05, 0.1) is 17.6 Å². The molecular weight excluding hydrogens is 388 g/mol. The molecule has 1 aromatic heterocycles. The summed E-state index contributed by atoms with van der Waals surface area (Å²) >= 11 is 6.80. The van der Waals surface area contributed by atoms with Crippen LogP contribution in [0, 0.1) is 0 Å². The SMILES string of the molecule is COc1ccc(Cc2sc(=O)[nH]c2O)cc1C(=O)NCc1ccc(Cl)cc1. The molecule has 0 aliphatic rings. The molecule has 0 saturated heterocycles. The molecular formula is C19H17ClN2O4S. The Morgan fingerprint density at radius 2 is 1.93 bits per heavy atom. The molecule has 140 valence electrons. The number of methoxy groups -OCH3 is 1. The van der Waals surface area contributed by atoms with Crippen LogP contribution in [0.2, 0.25) is 5.02 Å². The van der Waals surface area contributed by atoms with Gasteiger partial charge in [-0.15, -0.1) is 0 Å². The number of hydrogen-bond acceptors (Lipinski definition) is 5. The highest BCUT2D eigenvalue weighted by Gasteiger charge is 2.15. The zero-order valence-electron chi connectivity index (χ0n) is 14.4. The number of aromatic nitrogens is 1. The van der Waals surface area contributed by atoms with Crippen molar-refractivity contribution < 1.29 is 14.6 Å². The van der Waals surface area contributed by atoms with Crippen molar-refractivity contribution in [1.29, 1.82) is 0 Å². The number of thiazole rings is 1. The Bertz CT molecular complexity index is 1010. The minimum atomic E-state index is -0.322. The molecule has 0 bridgehead atoms. The largest absolute Gasteiger partial charge is 0.496 e. The van der Waals surface area contributed by atoms with E-state index in [9.17, 15) is 14.7 Å². The van der Waals surface area contributed by atoms with Gasteiger partial charge in [-0.2, -0.15) is 0 Å². The topological polar surface area (TPSA) is 91.4 Å². The first-order valence-corrected chi connectivity index (χ1v) is 9.26. The van der Waals surface area contributed by atoms with Crippen molar-refractivity contribution in [1.82, 2.24) is 10.3 Å².